The molecule has 0 amide bonds. The molecule has 69 heavy (non-hydrogen) atoms. The van der Waals surface area contributed by atoms with E-state index in [9.17, 15) is 9.59 Å². The second-order valence-corrected chi connectivity index (χ2v) is 21.4. The highest BCUT2D eigenvalue weighted by molar-refractivity contribution is 5.71. The normalized spacial score (nSPS) is 30.9. The van der Waals surface area contributed by atoms with E-state index in [0.29, 0.717) is 51.1 Å². The monoisotopic (exact) mass is 941 g/mol. The quantitative estimate of drug-likeness (QED) is 0.0889. The molecule has 0 aromatic heterocycles. The van der Waals surface area contributed by atoms with Gasteiger partial charge in [-0.25, -0.2) is 4.79 Å². The van der Waals surface area contributed by atoms with Crippen LogP contribution in [0.1, 0.15) is 134 Å². The molecule has 3 aromatic carbocycles. The molecule has 2 spiro atoms. The largest absolute Gasteiger partial charge is 0.462 e. The topological polar surface area (TPSA) is 98.8 Å². The summed E-state index contributed by atoms with van der Waals surface area (Å²) in [6, 6.07) is 30.3. The Morgan fingerprint density at radius 1 is 0.754 bits per heavy atom. The van der Waals surface area contributed by atoms with Crippen LogP contribution in [0.3, 0.4) is 0 Å². The summed E-state index contributed by atoms with van der Waals surface area (Å²) in [5.41, 5.74) is 4.48. The van der Waals surface area contributed by atoms with Crippen LogP contribution in [0.2, 0.25) is 0 Å². The Labute approximate surface area is 411 Å². The average molecular weight is 941 g/mol. The maximum Gasteiger partial charge on any atom is 0.332 e. The van der Waals surface area contributed by atoms with Gasteiger partial charge in [-0.15, -0.1) is 13.2 Å². The minimum atomic E-state index is -1.00. The number of carbonyl (C=O) groups excluding carboxylic acids is 2. The first-order valence-corrected chi connectivity index (χ1v) is 26.2. The maximum absolute atomic E-state index is 14.0. The molecule has 7 aliphatic rings. The van der Waals surface area contributed by atoms with E-state index in [4.69, 9.17) is 33.2 Å². The summed E-state index contributed by atoms with van der Waals surface area (Å²) in [5, 5.41) is 0. The van der Waals surface area contributed by atoms with Gasteiger partial charge in [0.05, 0.1) is 26.4 Å². The van der Waals surface area contributed by atoms with Crippen molar-refractivity contribution in [3.05, 3.63) is 144 Å². The zero-order valence-electron chi connectivity index (χ0n) is 41.5. The third kappa shape index (κ3) is 9.72. The third-order valence-corrected chi connectivity index (χ3v) is 17.3. The first-order chi connectivity index (χ1) is 33.5. The number of rotatable bonds is 14. The van der Waals surface area contributed by atoms with Crippen molar-refractivity contribution in [3.63, 3.8) is 0 Å². The summed E-state index contributed by atoms with van der Waals surface area (Å²) in [5.74, 6) is -0.567. The Balaban J connectivity index is 0.000000207. The van der Waals surface area contributed by atoms with E-state index in [1.54, 1.807) is 0 Å². The molecule has 2 saturated heterocycles. The van der Waals surface area contributed by atoms with Crippen LogP contribution in [-0.2, 0) is 48.3 Å². The van der Waals surface area contributed by atoms with Gasteiger partial charge in [-0.1, -0.05) is 134 Å². The minimum absolute atomic E-state index is 0.0264. The van der Waals surface area contributed by atoms with Gasteiger partial charge in [0.1, 0.15) is 24.4 Å². The number of esters is 2. The lowest BCUT2D eigenvalue weighted by Gasteiger charge is -2.51. The van der Waals surface area contributed by atoms with Crippen LogP contribution in [0.5, 0.6) is 0 Å². The predicted molar refractivity (Wildman–Crippen MR) is 267 cm³/mol. The second-order valence-electron chi connectivity index (χ2n) is 21.4. The van der Waals surface area contributed by atoms with E-state index in [-0.39, 0.29) is 53.4 Å². The van der Waals surface area contributed by atoms with Crippen LogP contribution in [0.4, 0.5) is 0 Å². The van der Waals surface area contributed by atoms with E-state index in [2.05, 4.69) is 62.6 Å². The molecule has 0 N–H and O–H groups in total. The molecule has 6 unspecified atom stereocenters. The molecule has 9 heteroatoms. The fraction of sp³-hybridized carbons (Fsp3) is 0.567. The van der Waals surface area contributed by atoms with Gasteiger partial charge in [0.25, 0.3) is 0 Å². The number of ether oxygens (including phenoxy) is 7. The average Bonchev–Trinajstić information content (AvgIpc) is 4.19. The van der Waals surface area contributed by atoms with Crippen LogP contribution < -0.4 is 0 Å². The SMILES string of the molecule is C=CCC12CCCC([C@H](CC(=C)C)OC(=O)COC(c3ccccc3)(c3ccccc3)c3ccccc3)C1C1(CC2)OCCO1.CCC(=O)O[C@H]1C/C(C)=C\CC23CCCC1C2C1(CC3)OCCO1. The van der Waals surface area contributed by atoms with Gasteiger partial charge in [-0.3, -0.25) is 4.79 Å². The van der Waals surface area contributed by atoms with Crippen LogP contribution in [0.25, 0.3) is 0 Å². The standard InChI is InChI=1S/C40H46O5.C20H30O4/c1-4-22-38-23-14-21-34(37(38)39(25-24-38)42-26-27-43-39)35(28-30(2)3)45-36(41)29-44-40(31-15-8-5-9-16-31,32-17-10-6-11-18-32)33-19-12-7-13-20-33;1-3-17(21)24-16-13-14(2)6-8-19-7-4-5-15(16)18(19)20(10-9-19)22-11-12-23-20/h4-13,15-20,34-35,37H,1-2,14,21-29H2,3H3;6,15-16,18H,3-5,7-13H2,1-2H3/b;14-6-/t34?,35-,37?,38?;15?,16-,18?,19?/m00/s1. The molecule has 9 nitrogen and oxygen atoms in total. The van der Waals surface area contributed by atoms with Crippen molar-refractivity contribution in [3.8, 4) is 0 Å². The second kappa shape index (κ2) is 21.1. The Morgan fingerprint density at radius 3 is 1.88 bits per heavy atom. The zero-order valence-corrected chi connectivity index (χ0v) is 41.5. The van der Waals surface area contributed by atoms with Crippen molar-refractivity contribution in [1.29, 1.82) is 0 Å². The molecule has 3 aromatic rings. The number of benzene rings is 3. The Kier molecular flexibility index (Phi) is 15.2. The van der Waals surface area contributed by atoms with E-state index >= 15 is 0 Å². The van der Waals surface area contributed by atoms with Crippen molar-refractivity contribution in [2.75, 3.05) is 33.0 Å². The van der Waals surface area contributed by atoms with Gasteiger partial charge in [0, 0.05) is 55.8 Å². The van der Waals surface area contributed by atoms with Crippen molar-refractivity contribution >= 4 is 11.9 Å². The number of hydrogen-bond acceptors (Lipinski definition) is 9. The molecule has 2 bridgehead atoms. The molecule has 2 aliphatic heterocycles. The molecule has 0 radical (unpaired) electrons. The van der Waals surface area contributed by atoms with Crippen LogP contribution in [0, 0.1) is 34.5 Å². The Morgan fingerprint density at radius 2 is 1.32 bits per heavy atom. The van der Waals surface area contributed by atoms with Gasteiger partial charge in [0.2, 0.25) is 0 Å². The van der Waals surface area contributed by atoms with Crippen molar-refractivity contribution < 1.29 is 42.7 Å². The lowest BCUT2D eigenvalue weighted by atomic mass is 9.58. The number of fused-ring (bicyclic) bond motifs is 2. The minimum Gasteiger partial charge on any atom is -0.462 e. The molecule has 8 atom stereocenters. The Bertz CT molecular complexity index is 2170. The van der Waals surface area contributed by atoms with Crippen molar-refractivity contribution in [1.82, 2.24) is 0 Å². The van der Waals surface area contributed by atoms with E-state index in [1.807, 2.05) is 74.5 Å². The van der Waals surface area contributed by atoms with Gasteiger partial charge < -0.3 is 33.2 Å². The fourth-order valence-corrected chi connectivity index (χ4v) is 14.6. The predicted octanol–water partition coefficient (Wildman–Crippen LogP) is 12.4. The number of allylic oxidation sites excluding steroid dienone is 2. The lowest BCUT2D eigenvalue weighted by molar-refractivity contribution is -0.227. The molecule has 10 rings (SSSR count). The van der Waals surface area contributed by atoms with E-state index in [0.717, 1.165) is 86.5 Å². The number of hydrogen-bond donors (Lipinski definition) is 0. The molecule has 5 aliphatic carbocycles. The molecule has 370 valence electrons. The molecular weight excluding hydrogens is 865 g/mol. The summed E-state index contributed by atoms with van der Waals surface area (Å²) in [6.45, 7) is 16.8. The summed E-state index contributed by atoms with van der Waals surface area (Å²) in [4.78, 5) is 26.0. The van der Waals surface area contributed by atoms with Crippen LogP contribution >= 0.6 is 0 Å². The van der Waals surface area contributed by atoms with E-state index < -0.39 is 17.2 Å². The highest BCUT2D eigenvalue weighted by Gasteiger charge is 2.66. The molecule has 6 fully saturated rings. The Hall–Kier alpha value is -4.38. The van der Waals surface area contributed by atoms with Crippen LogP contribution in [0.15, 0.2) is 127 Å². The molecule has 2 heterocycles. The first kappa shape index (κ1) is 49.6. The lowest BCUT2D eigenvalue weighted by Crippen LogP contribution is -2.52. The van der Waals surface area contributed by atoms with Crippen molar-refractivity contribution in [2.45, 2.75) is 146 Å². The highest BCUT2D eigenvalue weighted by atomic mass is 16.7. The third-order valence-electron chi connectivity index (χ3n) is 17.3. The zero-order chi connectivity index (χ0) is 48.1. The smallest absolute Gasteiger partial charge is 0.332 e. The number of carbonyl (C=O) groups is 2. The van der Waals surface area contributed by atoms with Gasteiger partial charge in [0.15, 0.2) is 11.6 Å². The summed E-state index contributed by atoms with van der Waals surface area (Å²) in [7, 11) is 0. The van der Waals surface area contributed by atoms with E-state index in [1.165, 1.54) is 24.8 Å². The van der Waals surface area contributed by atoms with Gasteiger partial charge in [-0.05, 0) is 92.7 Å². The highest BCUT2D eigenvalue weighted by Crippen LogP contribution is 2.66. The van der Waals surface area contributed by atoms with Gasteiger partial charge >= 0.3 is 11.9 Å². The van der Waals surface area contributed by atoms with Crippen LogP contribution in [-0.4, -0.2) is 68.8 Å². The summed E-state index contributed by atoms with van der Waals surface area (Å²) in [6.07, 6.45) is 18.8. The summed E-state index contributed by atoms with van der Waals surface area (Å²) < 4.78 is 44.5. The molecular formula is C60H76O9. The van der Waals surface area contributed by atoms with Crippen molar-refractivity contribution in [2.24, 2.45) is 34.5 Å². The summed E-state index contributed by atoms with van der Waals surface area (Å²) >= 11 is 0. The maximum atomic E-state index is 14.0. The fourth-order valence-electron chi connectivity index (χ4n) is 14.6. The molecule has 4 saturated carbocycles. The van der Waals surface area contributed by atoms with Gasteiger partial charge in [-0.2, -0.15) is 0 Å². The first-order valence-electron chi connectivity index (χ1n) is 26.2.